The maximum atomic E-state index is 11.4. The van der Waals surface area contributed by atoms with Gasteiger partial charge >= 0.3 is 0 Å². The van der Waals surface area contributed by atoms with Gasteiger partial charge in [0.1, 0.15) is 6.61 Å². The van der Waals surface area contributed by atoms with Crippen molar-refractivity contribution in [3.8, 4) is 0 Å². The number of hydrogen-bond acceptors (Lipinski definition) is 3. The van der Waals surface area contributed by atoms with Gasteiger partial charge in [0.25, 0.3) is 0 Å². The third kappa shape index (κ3) is 13.3. The van der Waals surface area contributed by atoms with Gasteiger partial charge in [-0.1, -0.05) is 0 Å². The fourth-order valence-corrected chi connectivity index (χ4v) is 1.11. The molecule has 0 aliphatic rings. The third-order valence-electron chi connectivity index (χ3n) is 1.97. The van der Waals surface area contributed by atoms with Crippen molar-refractivity contribution in [2.24, 2.45) is 0 Å². The van der Waals surface area contributed by atoms with E-state index in [-0.39, 0.29) is 23.7 Å². The Morgan fingerprint density at radius 2 is 1.65 bits per heavy atom. The maximum Gasteiger partial charge on any atom is 0.246 e. The molecule has 0 aliphatic heterocycles. The SMILES string of the molecule is CC(C)(C)NCCCNC(=O)COC(C)(C)C. The molecule has 0 saturated carbocycles. The largest absolute Gasteiger partial charge is 0.366 e. The van der Waals surface area contributed by atoms with Crippen LogP contribution in [0.3, 0.4) is 0 Å². The number of carbonyl (C=O) groups excluding carboxylic acids is 1. The number of rotatable bonds is 6. The van der Waals surface area contributed by atoms with Crippen molar-refractivity contribution in [3.63, 3.8) is 0 Å². The highest BCUT2D eigenvalue weighted by molar-refractivity contribution is 5.77. The van der Waals surface area contributed by atoms with Gasteiger partial charge in [-0.05, 0) is 54.5 Å². The first-order valence-corrected chi connectivity index (χ1v) is 6.26. The van der Waals surface area contributed by atoms with Crippen LogP contribution in [0.5, 0.6) is 0 Å². The molecule has 17 heavy (non-hydrogen) atoms. The highest BCUT2D eigenvalue weighted by Gasteiger charge is 2.12. The van der Waals surface area contributed by atoms with Gasteiger partial charge in [0.15, 0.2) is 0 Å². The fourth-order valence-electron chi connectivity index (χ4n) is 1.11. The van der Waals surface area contributed by atoms with Crippen LogP contribution in [-0.2, 0) is 9.53 Å². The van der Waals surface area contributed by atoms with Crippen LogP contribution in [0.4, 0.5) is 0 Å². The van der Waals surface area contributed by atoms with Gasteiger partial charge < -0.3 is 15.4 Å². The normalized spacial score (nSPS) is 12.6. The average molecular weight is 244 g/mol. The van der Waals surface area contributed by atoms with Crippen LogP contribution in [-0.4, -0.2) is 36.7 Å². The van der Waals surface area contributed by atoms with Crippen LogP contribution in [0.1, 0.15) is 48.0 Å². The molecule has 0 spiro atoms. The van der Waals surface area contributed by atoms with Crippen molar-refractivity contribution in [1.82, 2.24) is 10.6 Å². The molecule has 0 aliphatic carbocycles. The highest BCUT2D eigenvalue weighted by atomic mass is 16.5. The Morgan fingerprint density at radius 3 is 2.12 bits per heavy atom. The molecule has 1 amide bonds. The van der Waals surface area contributed by atoms with E-state index in [4.69, 9.17) is 4.74 Å². The summed E-state index contributed by atoms with van der Waals surface area (Å²) < 4.78 is 5.37. The van der Waals surface area contributed by atoms with E-state index in [9.17, 15) is 4.79 Å². The highest BCUT2D eigenvalue weighted by Crippen LogP contribution is 2.05. The minimum absolute atomic E-state index is 0.0457. The molecule has 4 nitrogen and oxygen atoms in total. The van der Waals surface area contributed by atoms with E-state index < -0.39 is 0 Å². The fraction of sp³-hybridized carbons (Fsp3) is 0.923. The average Bonchev–Trinajstić information content (AvgIpc) is 2.11. The first-order valence-electron chi connectivity index (χ1n) is 6.26. The van der Waals surface area contributed by atoms with Gasteiger partial charge in [0.05, 0.1) is 5.60 Å². The van der Waals surface area contributed by atoms with Crippen molar-refractivity contribution in [2.75, 3.05) is 19.7 Å². The molecule has 0 unspecified atom stereocenters. The molecule has 0 radical (unpaired) electrons. The molecule has 0 aromatic carbocycles. The van der Waals surface area contributed by atoms with Crippen LogP contribution < -0.4 is 10.6 Å². The second-order valence-electron chi connectivity index (χ2n) is 6.28. The topological polar surface area (TPSA) is 50.4 Å². The molecule has 0 aromatic heterocycles. The second-order valence-corrected chi connectivity index (χ2v) is 6.28. The van der Waals surface area contributed by atoms with E-state index in [2.05, 4.69) is 31.4 Å². The summed E-state index contributed by atoms with van der Waals surface area (Å²) in [7, 11) is 0. The first kappa shape index (κ1) is 16.4. The number of ether oxygens (including phenoxy) is 1. The molecule has 0 rings (SSSR count). The zero-order chi connectivity index (χ0) is 13.5. The summed E-state index contributed by atoms with van der Waals surface area (Å²) in [5, 5.41) is 6.21. The van der Waals surface area contributed by atoms with Crippen LogP contribution in [0.2, 0.25) is 0 Å². The Kier molecular flexibility index (Phi) is 6.72. The Labute approximate surface area is 105 Å². The Morgan fingerprint density at radius 1 is 1.06 bits per heavy atom. The first-order chi connectivity index (χ1) is 7.60. The monoisotopic (exact) mass is 244 g/mol. The molecule has 0 bridgehead atoms. The van der Waals surface area contributed by atoms with Gasteiger partial charge in [0.2, 0.25) is 5.91 Å². The molecular weight excluding hydrogens is 216 g/mol. The minimum Gasteiger partial charge on any atom is -0.366 e. The van der Waals surface area contributed by atoms with E-state index in [1.54, 1.807) is 0 Å². The summed E-state index contributed by atoms with van der Waals surface area (Å²) >= 11 is 0. The van der Waals surface area contributed by atoms with Crippen molar-refractivity contribution >= 4 is 5.91 Å². The Hall–Kier alpha value is -0.610. The summed E-state index contributed by atoms with van der Waals surface area (Å²) in [5.41, 5.74) is -0.121. The van der Waals surface area contributed by atoms with Crippen molar-refractivity contribution < 1.29 is 9.53 Å². The van der Waals surface area contributed by atoms with Crippen LogP contribution in [0.15, 0.2) is 0 Å². The Bertz CT molecular complexity index is 227. The Balaban J connectivity index is 3.47. The quantitative estimate of drug-likeness (QED) is 0.699. The van der Waals surface area contributed by atoms with Crippen molar-refractivity contribution in [2.45, 2.75) is 59.1 Å². The third-order valence-corrected chi connectivity index (χ3v) is 1.97. The molecule has 0 heterocycles. The molecule has 102 valence electrons. The summed E-state index contributed by atoms with van der Waals surface area (Å²) in [4.78, 5) is 11.4. The van der Waals surface area contributed by atoms with Crippen LogP contribution in [0, 0.1) is 0 Å². The zero-order valence-corrected chi connectivity index (χ0v) is 12.1. The van der Waals surface area contributed by atoms with Crippen LogP contribution >= 0.6 is 0 Å². The molecule has 2 N–H and O–H groups in total. The number of nitrogens with one attached hydrogen (secondary N) is 2. The number of carbonyl (C=O) groups is 1. The molecule has 0 saturated heterocycles. The molecule has 0 atom stereocenters. The summed E-state index contributed by atoms with van der Waals surface area (Å²) in [6.07, 6.45) is 0.929. The number of hydrogen-bond donors (Lipinski definition) is 2. The lowest BCUT2D eigenvalue weighted by atomic mass is 10.1. The van der Waals surface area contributed by atoms with E-state index in [0.717, 1.165) is 13.0 Å². The van der Waals surface area contributed by atoms with E-state index >= 15 is 0 Å². The minimum atomic E-state index is -0.259. The molecular formula is C13H28N2O2. The lowest BCUT2D eigenvalue weighted by Crippen LogP contribution is -2.38. The molecule has 0 aromatic rings. The lowest BCUT2D eigenvalue weighted by Gasteiger charge is -2.21. The summed E-state index contributed by atoms with van der Waals surface area (Å²) in [5.74, 6) is -0.0457. The van der Waals surface area contributed by atoms with Crippen LogP contribution in [0.25, 0.3) is 0 Å². The van der Waals surface area contributed by atoms with Gasteiger partial charge in [-0.25, -0.2) is 0 Å². The van der Waals surface area contributed by atoms with E-state index in [1.165, 1.54) is 0 Å². The smallest absolute Gasteiger partial charge is 0.246 e. The van der Waals surface area contributed by atoms with E-state index in [0.29, 0.717) is 6.54 Å². The van der Waals surface area contributed by atoms with Gasteiger partial charge in [0, 0.05) is 12.1 Å². The van der Waals surface area contributed by atoms with Crippen molar-refractivity contribution in [3.05, 3.63) is 0 Å². The van der Waals surface area contributed by atoms with E-state index in [1.807, 2.05) is 20.8 Å². The molecule has 0 fully saturated rings. The lowest BCUT2D eigenvalue weighted by molar-refractivity contribution is -0.130. The van der Waals surface area contributed by atoms with Crippen molar-refractivity contribution in [1.29, 1.82) is 0 Å². The standard InChI is InChI=1S/C13H28N2O2/c1-12(2,3)15-9-7-8-14-11(16)10-17-13(4,5)6/h15H,7-10H2,1-6H3,(H,14,16). The predicted octanol–water partition coefficient (Wildman–Crippen LogP) is 1.70. The van der Waals surface area contributed by atoms with Gasteiger partial charge in [-0.15, -0.1) is 0 Å². The summed E-state index contributed by atoms with van der Waals surface area (Å²) in [6, 6.07) is 0. The second kappa shape index (κ2) is 6.97. The van der Waals surface area contributed by atoms with Gasteiger partial charge in [-0.3, -0.25) is 4.79 Å². The predicted molar refractivity (Wildman–Crippen MR) is 71.1 cm³/mol. The van der Waals surface area contributed by atoms with Gasteiger partial charge in [-0.2, -0.15) is 0 Å². The zero-order valence-electron chi connectivity index (χ0n) is 12.1. The molecule has 4 heteroatoms. The number of amides is 1. The maximum absolute atomic E-state index is 11.4. The summed E-state index contributed by atoms with van der Waals surface area (Å²) in [6.45, 7) is 13.9.